The van der Waals surface area contributed by atoms with Gasteiger partial charge in [0.15, 0.2) is 0 Å². The van der Waals surface area contributed by atoms with E-state index in [0.717, 1.165) is 0 Å². The number of hydrogen-bond donors (Lipinski definition) is 2. The average Bonchev–Trinajstić information content (AvgIpc) is 0.722. The first-order chi connectivity index (χ1) is 2.00. The maximum atomic E-state index is 8.77. The Labute approximate surface area is 65.9 Å². The predicted octanol–water partition coefficient (Wildman–Crippen LogP) is -1.83. The zero-order chi connectivity index (χ0) is 4.50. The van der Waals surface area contributed by atoms with Crippen molar-refractivity contribution in [2.24, 2.45) is 0 Å². The Balaban J connectivity index is -0.0000000800. The summed E-state index contributed by atoms with van der Waals surface area (Å²) >= 11 is 0. The Morgan fingerprint density at radius 3 is 1.67 bits per heavy atom. The molecule has 0 fully saturated rings. The molecule has 0 bridgehead atoms. The quantitative estimate of drug-likeness (QED) is 0.305. The third kappa shape index (κ3) is 54.6. The van der Waals surface area contributed by atoms with Gasteiger partial charge in [-0.1, -0.05) is 0 Å². The van der Waals surface area contributed by atoms with Gasteiger partial charge < -0.3 is 16.1 Å². The summed E-state index contributed by atoms with van der Waals surface area (Å²) in [5.41, 5.74) is 0. The van der Waals surface area contributed by atoms with E-state index in [1.54, 1.807) is 0 Å². The molecule has 0 aromatic rings. The van der Waals surface area contributed by atoms with Crippen LogP contribution in [-0.2, 0) is 4.57 Å². The molecule has 6 heavy (non-hydrogen) atoms. The van der Waals surface area contributed by atoms with Crippen molar-refractivity contribution in [1.82, 2.24) is 0 Å². The van der Waals surface area contributed by atoms with Crippen molar-refractivity contribution in [3.8, 4) is 0 Å². The van der Waals surface area contributed by atoms with E-state index < -0.39 is 7.82 Å². The molecule has 0 atom stereocenters. The van der Waals surface area contributed by atoms with E-state index in [0.29, 0.717) is 0 Å². The van der Waals surface area contributed by atoms with Gasteiger partial charge in [0.25, 0.3) is 7.82 Å². The van der Waals surface area contributed by atoms with Crippen LogP contribution in [0.25, 0.3) is 0 Å². The van der Waals surface area contributed by atoms with Gasteiger partial charge in [-0.15, -0.1) is 0 Å². The fourth-order valence-corrected chi connectivity index (χ4v) is 0. The first kappa shape index (κ1) is 10.4. The van der Waals surface area contributed by atoms with E-state index in [1.165, 1.54) is 0 Å². The third-order valence-corrected chi connectivity index (χ3v) is 0. The molecule has 0 amide bonds. The van der Waals surface area contributed by atoms with Gasteiger partial charge in [0, 0.05) is 0 Å². The SMILES string of the molecule is O=P([O-])(O)O.[Ca+2].[H-]. The van der Waals surface area contributed by atoms with Crippen LogP contribution >= 0.6 is 7.82 Å². The summed E-state index contributed by atoms with van der Waals surface area (Å²) in [6.45, 7) is 0. The molecule has 0 aromatic heterocycles. The van der Waals surface area contributed by atoms with Crippen LogP contribution < -0.4 is 4.89 Å². The Hall–Kier alpha value is 1.37. The van der Waals surface area contributed by atoms with Gasteiger partial charge >= 0.3 is 37.7 Å². The Morgan fingerprint density at radius 2 is 1.67 bits per heavy atom. The first-order valence-corrected chi connectivity index (χ1v) is 2.30. The van der Waals surface area contributed by atoms with E-state index in [1.807, 2.05) is 0 Å². The van der Waals surface area contributed by atoms with Crippen LogP contribution in [-0.4, -0.2) is 47.5 Å². The molecule has 0 spiro atoms. The molecule has 0 aliphatic heterocycles. The summed E-state index contributed by atoms with van der Waals surface area (Å²) in [5.74, 6) is 0. The fourth-order valence-electron chi connectivity index (χ4n) is 0. The van der Waals surface area contributed by atoms with Gasteiger partial charge in [-0.3, -0.25) is 4.57 Å². The summed E-state index contributed by atoms with van der Waals surface area (Å²) in [6.07, 6.45) is 0. The van der Waals surface area contributed by atoms with Crippen LogP contribution in [0.1, 0.15) is 1.43 Å². The van der Waals surface area contributed by atoms with Crippen molar-refractivity contribution in [1.29, 1.82) is 0 Å². The van der Waals surface area contributed by atoms with Gasteiger partial charge in [-0.2, -0.15) is 0 Å². The Morgan fingerprint density at radius 1 is 1.67 bits per heavy atom. The van der Waals surface area contributed by atoms with Crippen LogP contribution in [0.15, 0.2) is 0 Å². The average molecular weight is 138 g/mol. The molecular formula is H3CaO4P. The van der Waals surface area contributed by atoms with Gasteiger partial charge in [0.1, 0.15) is 0 Å². The summed E-state index contributed by atoms with van der Waals surface area (Å²) in [6, 6.07) is 0. The second-order valence-corrected chi connectivity index (χ2v) is 1.47. The van der Waals surface area contributed by atoms with Crippen LogP contribution in [0.5, 0.6) is 0 Å². The van der Waals surface area contributed by atoms with Crippen molar-refractivity contribution in [2.75, 3.05) is 0 Å². The summed E-state index contributed by atoms with van der Waals surface area (Å²) in [4.78, 5) is 22.9. The monoisotopic (exact) mass is 138 g/mol. The molecule has 0 unspecified atom stereocenters. The maximum absolute atomic E-state index is 8.77. The van der Waals surface area contributed by atoms with Crippen LogP contribution in [0.2, 0.25) is 0 Å². The zero-order valence-electron chi connectivity index (χ0n) is 3.87. The third-order valence-electron chi connectivity index (χ3n) is 0. The minimum atomic E-state index is -4.89. The Bertz CT molecular complexity index is 57.8. The molecular weight excluding hydrogens is 135 g/mol. The van der Waals surface area contributed by atoms with Crippen molar-refractivity contribution < 1.29 is 20.7 Å². The summed E-state index contributed by atoms with van der Waals surface area (Å²) in [7, 11) is -4.89. The summed E-state index contributed by atoms with van der Waals surface area (Å²) < 4.78 is 8.77. The molecule has 0 aromatic carbocycles. The predicted molar refractivity (Wildman–Crippen MR) is 18.9 cm³/mol. The molecule has 0 radical (unpaired) electrons. The molecule has 0 rings (SSSR count). The molecule has 34 valence electrons. The Kier molecular flexibility index (Phi) is 5.84. The minimum Gasteiger partial charge on any atom is -1.00 e. The molecule has 6 heteroatoms. The van der Waals surface area contributed by atoms with Crippen LogP contribution in [0.3, 0.4) is 0 Å². The molecule has 4 nitrogen and oxygen atoms in total. The van der Waals surface area contributed by atoms with Gasteiger partial charge in [0.2, 0.25) is 0 Å². The molecule has 2 N–H and O–H groups in total. The minimum absolute atomic E-state index is 0. The van der Waals surface area contributed by atoms with E-state index in [2.05, 4.69) is 0 Å². The van der Waals surface area contributed by atoms with E-state index in [-0.39, 0.29) is 39.2 Å². The smallest absolute Gasteiger partial charge is 1.00 e. The second kappa shape index (κ2) is 3.38. The molecule has 0 saturated carbocycles. The standard InChI is InChI=1S/Ca.H3O4P.H/c;1-5(2,3)4;/h;(H3,1,2,3,4);/q+2;;-1/p-1. The van der Waals surface area contributed by atoms with Gasteiger partial charge in [-0.05, 0) is 0 Å². The molecule has 0 saturated heterocycles. The molecule has 0 aliphatic carbocycles. The topological polar surface area (TPSA) is 80.6 Å². The molecule has 0 heterocycles. The van der Waals surface area contributed by atoms with Gasteiger partial charge in [0.05, 0.1) is 0 Å². The van der Waals surface area contributed by atoms with Crippen LogP contribution in [0.4, 0.5) is 0 Å². The first-order valence-electron chi connectivity index (χ1n) is 0.765. The van der Waals surface area contributed by atoms with E-state index >= 15 is 0 Å². The number of hydrogen-bond acceptors (Lipinski definition) is 2. The van der Waals surface area contributed by atoms with Crippen LogP contribution in [0, 0.1) is 0 Å². The number of rotatable bonds is 0. The van der Waals surface area contributed by atoms with E-state index in [4.69, 9.17) is 19.2 Å². The summed E-state index contributed by atoms with van der Waals surface area (Å²) in [5, 5.41) is 0. The largest absolute Gasteiger partial charge is 2.00 e. The van der Waals surface area contributed by atoms with E-state index in [9.17, 15) is 0 Å². The van der Waals surface area contributed by atoms with Crippen molar-refractivity contribution in [3.05, 3.63) is 0 Å². The van der Waals surface area contributed by atoms with Crippen molar-refractivity contribution in [3.63, 3.8) is 0 Å². The van der Waals surface area contributed by atoms with Crippen molar-refractivity contribution >= 4 is 45.6 Å². The fraction of sp³-hybridized carbons (Fsp3) is 0. The van der Waals surface area contributed by atoms with Gasteiger partial charge in [-0.25, -0.2) is 0 Å². The maximum Gasteiger partial charge on any atom is 2.00 e. The number of phosphoric acid groups is 1. The molecule has 0 aliphatic rings. The van der Waals surface area contributed by atoms with Crippen molar-refractivity contribution in [2.45, 2.75) is 0 Å². The second-order valence-electron chi connectivity index (χ2n) is 0.491. The zero-order valence-corrected chi connectivity index (χ0v) is 5.97. The normalized spacial score (nSPS) is 9.83.